The van der Waals surface area contributed by atoms with Crippen molar-refractivity contribution in [2.24, 2.45) is 0 Å². The molecule has 0 unspecified atom stereocenters. The minimum Gasteiger partial charge on any atom is -0.454 e. The topological polar surface area (TPSA) is 32.8 Å². The van der Waals surface area contributed by atoms with Gasteiger partial charge in [-0.2, -0.15) is 0 Å². The van der Waals surface area contributed by atoms with Crippen LogP contribution in [0.25, 0.3) is 108 Å². The third-order valence-corrected chi connectivity index (χ3v) is 15.8. The summed E-state index contributed by atoms with van der Waals surface area (Å²) in [4.78, 5) is 4.72. The maximum absolute atomic E-state index is 6.74. The first-order valence-corrected chi connectivity index (χ1v) is 25.5. The molecule has 0 atom stereocenters. The number of hydrogen-bond acceptors (Lipinski definition) is 5. The van der Waals surface area contributed by atoms with Crippen molar-refractivity contribution >= 4 is 131 Å². The average Bonchev–Trinajstić information content (AvgIpc) is 4.18. The van der Waals surface area contributed by atoms with Crippen LogP contribution in [0.1, 0.15) is 0 Å². The summed E-state index contributed by atoms with van der Waals surface area (Å²) in [5.74, 6) is 0. The maximum Gasteiger partial charge on any atom is 0.159 e. The second kappa shape index (κ2) is 16.6. The fourth-order valence-electron chi connectivity index (χ4n) is 11.2. The summed E-state index contributed by atoms with van der Waals surface area (Å²) in [6, 6.07) is 91.5. The largest absolute Gasteiger partial charge is 0.454 e. The normalized spacial score (nSPS) is 11.8. The van der Waals surface area contributed by atoms with E-state index in [4.69, 9.17) is 8.83 Å². The molecule has 0 amide bonds. The second-order valence-electron chi connectivity index (χ2n) is 18.8. The molecule has 73 heavy (non-hydrogen) atoms. The molecule has 0 saturated heterocycles. The van der Waals surface area contributed by atoms with Gasteiger partial charge in [-0.1, -0.05) is 182 Å². The highest BCUT2D eigenvalue weighted by Gasteiger charge is 2.24. The van der Waals surface area contributed by atoms with E-state index in [0.29, 0.717) is 0 Å². The van der Waals surface area contributed by atoms with Crippen LogP contribution < -0.4 is 9.80 Å². The Morgan fingerprint density at radius 2 is 0.699 bits per heavy atom. The molecule has 0 N–H and O–H groups in total. The molecule has 4 nitrogen and oxygen atoms in total. The zero-order valence-electron chi connectivity index (χ0n) is 39.4. The van der Waals surface area contributed by atoms with Crippen molar-refractivity contribution in [3.05, 3.63) is 255 Å². The third-order valence-electron chi connectivity index (χ3n) is 14.6. The average molecular weight is 951 g/mol. The van der Waals surface area contributed by atoms with Crippen LogP contribution >= 0.6 is 11.3 Å². The SMILES string of the molecule is c1ccc(-c2ccc(N(c3ccc4c(c3)sc3c5ccc(N(c6ccc(-c7ccccc7)cc6)c6cccc7c6oc6ccccc67)cc5c5ccccc5c43)c3cccc4c3oc3ccccc34)cc2)cc1. The van der Waals surface area contributed by atoms with E-state index in [-0.39, 0.29) is 0 Å². The number of benzene rings is 12. The zero-order valence-corrected chi connectivity index (χ0v) is 40.2. The van der Waals surface area contributed by atoms with E-state index in [1.165, 1.54) is 64.0 Å². The monoisotopic (exact) mass is 950 g/mol. The summed E-state index contributed by atoms with van der Waals surface area (Å²) in [5, 5.41) is 11.8. The summed E-state index contributed by atoms with van der Waals surface area (Å²) >= 11 is 1.87. The standard InChI is InChI=1S/C68H42N2O2S/c1-3-15-43(16-4-1)45-29-33-47(34-30-45)69(60-25-13-23-55-52-20-9-11-27-62(52)71-66(55)60)49-37-39-57-59(41-49)51-19-7-8-22-54(51)65-58-40-38-50(42-64(58)73-68(57)65)70(48-35-31-46(32-36-48)44-17-5-2-6-18-44)61-26-14-24-56-53-21-10-12-28-63(53)72-67(56)61/h1-42H. The van der Waals surface area contributed by atoms with E-state index in [1.54, 1.807) is 0 Å². The molecule has 0 aliphatic rings. The molecule has 3 aromatic heterocycles. The first-order valence-electron chi connectivity index (χ1n) is 24.7. The number of fused-ring (bicyclic) bond motifs is 14. The van der Waals surface area contributed by atoms with Gasteiger partial charge in [-0.25, -0.2) is 0 Å². The number of furan rings is 2. The molecule has 0 aliphatic heterocycles. The summed E-state index contributed by atoms with van der Waals surface area (Å²) < 4.78 is 16.0. The van der Waals surface area contributed by atoms with E-state index < -0.39 is 0 Å². The molecule has 3 heterocycles. The molecule has 0 aliphatic carbocycles. The fraction of sp³-hybridized carbons (Fsp3) is 0. The van der Waals surface area contributed by atoms with Crippen molar-refractivity contribution in [1.82, 2.24) is 0 Å². The molecule has 0 spiro atoms. The first-order chi connectivity index (χ1) is 36.2. The van der Waals surface area contributed by atoms with Gasteiger partial charge in [-0.15, -0.1) is 11.3 Å². The molecule has 0 bridgehead atoms. The highest BCUT2D eigenvalue weighted by atomic mass is 32.1. The zero-order chi connectivity index (χ0) is 48.0. The van der Waals surface area contributed by atoms with Crippen LogP contribution in [-0.2, 0) is 0 Å². The van der Waals surface area contributed by atoms with Crippen LogP contribution in [0, 0.1) is 0 Å². The quantitative estimate of drug-likeness (QED) is 0.142. The summed E-state index contributed by atoms with van der Waals surface area (Å²) in [6.45, 7) is 0. The second-order valence-corrected chi connectivity index (χ2v) is 19.8. The van der Waals surface area contributed by atoms with Crippen LogP contribution in [0.5, 0.6) is 0 Å². The number of nitrogens with zero attached hydrogens (tertiary/aromatic N) is 2. The highest BCUT2D eigenvalue weighted by molar-refractivity contribution is 7.27. The summed E-state index contributed by atoms with van der Waals surface area (Å²) in [5.41, 5.74) is 14.4. The molecule has 12 aromatic carbocycles. The van der Waals surface area contributed by atoms with E-state index in [0.717, 1.165) is 78.0 Å². The smallest absolute Gasteiger partial charge is 0.159 e. The van der Waals surface area contributed by atoms with Gasteiger partial charge in [-0.3, -0.25) is 0 Å². The van der Waals surface area contributed by atoms with Crippen molar-refractivity contribution in [3.8, 4) is 22.3 Å². The Bertz CT molecular complexity index is 4610. The Balaban J connectivity index is 0.919. The Morgan fingerprint density at radius 1 is 0.274 bits per heavy atom. The van der Waals surface area contributed by atoms with Crippen LogP contribution in [0.3, 0.4) is 0 Å². The minimum atomic E-state index is 0.856. The number of thiophene rings is 1. The highest BCUT2D eigenvalue weighted by Crippen LogP contribution is 2.50. The molecular weight excluding hydrogens is 909 g/mol. The van der Waals surface area contributed by atoms with Gasteiger partial charge in [0.05, 0.1) is 11.4 Å². The van der Waals surface area contributed by atoms with Crippen molar-refractivity contribution < 1.29 is 8.83 Å². The molecule has 342 valence electrons. The van der Waals surface area contributed by atoms with Crippen molar-refractivity contribution in [3.63, 3.8) is 0 Å². The van der Waals surface area contributed by atoms with Gasteiger partial charge in [0.25, 0.3) is 0 Å². The first kappa shape index (κ1) is 41.4. The Labute approximate surface area is 424 Å². The van der Waals surface area contributed by atoms with Gasteiger partial charge >= 0.3 is 0 Å². The van der Waals surface area contributed by atoms with Gasteiger partial charge in [0.15, 0.2) is 11.2 Å². The molecule has 0 saturated carbocycles. The van der Waals surface area contributed by atoms with E-state index in [2.05, 4.69) is 252 Å². The van der Waals surface area contributed by atoms with Crippen LogP contribution in [0.2, 0.25) is 0 Å². The summed E-state index contributed by atoms with van der Waals surface area (Å²) in [6.07, 6.45) is 0. The lowest BCUT2D eigenvalue weighted by Gasteiger charge is -2.26. The van der Waals surface area contributed by atoms with Crippen molar-refractivity contribution in [2.45, 2.75) is 0 Å². The Morgan fingerprint density at radius 3 is 1.25 bits per heavy atom. The van der Waals surface area contributed by atoms with Crippen LogP contribution in [0.4, 0.5) is 34.1 Å². The predicted molar refractivity (Wildman–Crippen MR) is 309 cm³/mol. The number of rotatable bonds is 8. The van der Waals surface area contributed by atoms with Crippen LogP contribution in [-0.4, -0.2) is 0 Å². The molecule has 15 rings (SSSR count). The van der Waals surface area contributed by atoms with E-state index in [1.807, 2.05) is 23.5 Å². The van der Waals surface area contributed by atoms with Crippen molar-refractivity contribution in [2.75, 3.05) is 9.80 Å². The lowest BCUT2D eigenvalue weighted by Crippen LogP contribution is -2.10. The van der Waals surface area contributed by atoms with Gasteiger partial charge in [-0.05, 0) is 111 Å². The Kier molecular flexibility index (Phi) is 9.41. The number of para-hydroxylation sites is 4. The Hall–Kier alpha value is -9.42. The maximum atomic E-state index is 6.74. The molecule has 5 heteroatoms. The van der Waals surface area contributed by atoms with Crippen molar-refractivity contribution in [1.29, 1.82) is 0 Å². The molecule has 15 aromatic rings. The van der Waals surface area contributed by atoms with Gasteiger partial charge in [0, 0.05) is 69.9 Å². The molecular formula is C68H42N2O2S. The number of anilines is 6. The van der Waals surface area contributed by atoms with E-state index in [9.17, 15) is 0 Å². The van der Waals surface area contributed by atoms with E-state index >= 15 is 0 Å². The number of hydrogen-bond donors (Lipinski definition) is 0. The lowest BCUT2D eigenvalue weighted by molar-refractivity contribution is 0.668. The third kappa shape index (κ3) is 6.67. The van der Waals surface area contributed by atoms with Gasteiger partial charge in [0.1, 0.15) is 11.2 Å². The van der Waals surface area contributed by atoms with Gasteiger partial charge < -0.3 is 18.6 Å². The molecule has 0 fully saturated rings. The lowest BCUT2D eigenvalue weighted by atomic mass is 9.96. The predicted octanol–water partition coefficient (Wildman–Crippen LogP) is 20.4. The molecule has 0 radical (unpaired) electrons. The summed E-state index contributed by atoms with van der Waals surface area (Å²) in [7, 11) is 0. The van der Waals surface area contributed by atoms with Crippen LogP contribution in [0.15, 0.2) is 264 Å². The fourth-order valence-corrected chi connectivity index (χ4v) is 12.5. The van der Waals surface area contributed by atoms with Gasteiger partial charge in [0.2, 0.25) is 0 Å². The minimum absolute atomic E-state index is 0.856.